The minimum absolute atomic E-state index is 0.229. The summed E-state index contributed by atoms with van der Waals surface area (Å²) in [4.78, 5) is 11.2. The molecule has 3 aliphatic heterocycles. The van der Waals surface area contributed by atoms with Crippen LogP contribution >= 0.6 is 0 Å². The van der Waals surface area contributed by atoms with Crippen molar-refractivity contribution in [3.05, 3.63) is 35.7 Å². The first-order chi connectivity index (χ1) is 15.3. The van der Waals surface area contributed by atoms with Gasteiger partial charge in [0.05, 0.1) is 18.1 Å². The monoisotopic (exact) mass is 426 g/mol. The number of hydrogen-bond donors (Lipinski definition) is 3. The van der Waals surface area contributed by atoms with Crippen molar-refractivity contribution in [2.45, 2.75) is 63.3 Å². The largest absolute Gasteiger partial charge is 0.367 e. The maximum atomic E-state index is 14.6. The molecule has 166 valence electrons. The summed E-state index contributed by atoms with van der Waals surface area (Å²) >= 11 is 0. The zero-order valence-electron chi connectivity index (χ0n) is 17.8. The zero-order valence-corrected chi connectivity index (χ0v) is 17.8. The first kappa shape index (κ1) is 20.4. The van der Waals surface area contributed by atoms with E-state index in [0.29, 0.717) is 18.3 Å². The summed E-state index contributed by atoms with van der Waals surface area (Å²) in [5.74, 6) is 0.0432. The minimum Gasteiger partial charge on any atom is -0.367 e. The van der Waals surface area contributed by atoms with Crippen molar-refractivity contribution in [2.75, 3.05) is 19.8 Å². The lowest BCUT2D eigenvalue weighted by atomic mass is 9.91. The van der Waals surface area contributed by atoms with Gasteiger partial charge in [-0.05, 0) is 57.7 Å². The van der Waals surface area contributed by atoms with Crippen molar-refractivity contribution in [3.63, 3.8) is 0 Å². The summed E-state index contributed by atoms with van der Waals surface area (Å²) < 4.78 is 16.4. The zero-order chi connectivity index (χ0) is 21.0. The molecule has 0 amide bonds. The van der Waals surface area contributed by atoms with E-state index in [2.05, 4.69) is 35.9 Å². The van der Waals surface area contributed by atoms with Crippen molar-refractivity contribution in [1.82, 2.24) is 30.6 Å². The Morgan fingerprint density at radius 2 is 2.03 bits per heavy atom. The van der Waals surface area contributed by atoms with Gasteiger partial charge in [-0.2, -0.15) is 5.10 Å². The molecule has 0 spiro atoms. The number of likely N-dealkylation sites (tertiary alicyclic amines) is 1. The van der Waals surface area contributed by atoms with E-state index in [-0.39, 0.29) is 11.9 Å². The van der Waals surface area contributed by atoms with Gasteiger partial charge in [0, 0.05) is 31.4 Å². The second-order valence-corrected chi connectivity index (χ2v) is 8.74. The Balaban J connectivity index is 1.20. The second-order valence-electron chi connectivity index (χ2n) is 8.74. The Bertz CT molecular complexity index is 895. The molecule has 4 aliphatic rings. The average Bonchev–Trinajstić information content (AvgIpc) is 3.39. The van der Waals surface area contributed by atoms with E-state index in [4.69, 9.17) is 0 Å². The molecule has 9 heteroatoms. The van der Waals surface area contributed by atoms with Crippen LogP contribution in [0.2, 0.25) is 0 Å². The Morgan fingerprint density at radius 1 is 1.16 bits per heavy atom. The number of aromatic nitrogens is 2. The molecule has 2 fully saturated rings. The topological polar surface area (TPSA) is 81.9 Å². The lowest BCUT2D eigenvalue weighted by molar-refractivity contribution is 0.243. The Kier molecular flexibility index (Phi) is 6.13. The molecule has 1 saturated carbocycles. The maximum absolute atomic E-state index is 14.6. The van der Waals surface area contributed by atoms with E-state index < -0.39 is 6.29 Å². The molecule has 0 bridgehead atoms. The van der Waals surface area contributed by atoms with Crippen molar-refractivity contribution < 1.29 is 4.39 Å². The highest BCUT2D eigenvalue weighted by molar-refractivity contribution is 5.78. The van der Waals surface area contributed by atoms with Crippen LogP contribution in [0, 0.1) is 0 Å². The summed E-state index contributed by atoms with van der Waals surface area (Å²) in [6.07, 6.45) is 15.9. The lowest BCUT2D eigenvalue weighted by Gasteiger charge is -2.34. The Labute approximate surface area is 182 Å². The van der Waals surface area contributed by atoms with Gasteiger partial charge in [-0.25, -0.2) is 14.1 Å². The van der Waals surface area contributed by atoms with Gasteiger partial charge in [0.25, 0.3) is 0 Å². The van der Waals surface area contributed by atoms with E-state index in [1.54, 1.807) is 17.1 Å². The van der Waals surface area contributed by atoms with Gasteiger partial charge >= 0.3 is 0 Å². The van der Waals surface area contributed by atoms with Crippen molar-refractivity contribution in [1.29, 1.82) is 0 Å². The molecule has 4 heterocycles. The normalized spacial score (nSPS) is 28.5. The summed E-state index contributed by atoms with van der Waals surface area (Å²) in [6, 6.07) is 0.697. The maximum Gasteiger partial charge on any atom is 0.217 e. The molecular formula is C22H31FN8. The predicted molar refractivity (Wildman–Crippen MR) is 120 cm³/mol. The fourth-order valence-electron chi connectivity index (χ4n) is 4.84. The fourth-order valence-corrected chi connectivity index (χ4v) is 4.84. The van der Waals surface area contributed by atoms with Crippen LogP contribution in [0.25, 0.3) is 0 Å². The number of fused-ring (bicyclic) bond motifs is 1. The van der Waals surface area contributed by atoms with Gasteiger partial charge in [0.1, 0.15) is 11.5 Å². The predicted octanol–water partition coefficient (Wildman–Crippen LogP) is 2.51. The van der Waals surface area contributed by atoms with E-state index in [0.717, 1.165) is 37.3 Å². The third-order valence-electron chi connectivity index (χ3n) is 6.52. The molecule has 31 heavy (non-hydrogen) atoms. The molecule has 3 atom stereocenters. The van der Waals surface area contributed by atoms with Crippen LogP contribution in [-0.2, 0) is 6.42 Å². The van der Waals surface area contributed by atoms with Gasteiger partial charge in [0.15, 0.2) is 5.83 Å². The molecule has 0 aromatic carbocycles. The standard InChI is InChI=1S/C22H31FN8/c23-18-13-25-22(31-20-8-1-2-9-24-19(20)14-27-31)29-21(18)28-17-7-5-6-16(12-17)26-15-30-10-3-4-11-30/h1-2,9,13-14,16-17,22,26,28-29H,3-8,10-12,15H2/t16-,17-,22?/m0/s1. The summed E-state index contributed by atoms with van der Waals surface area (Å²) in [7, 11) is 0. The summed E-state index contributed by atoms with van der Waals surface area (Å²) in [6.45, 7) is 3.35. The van der Waals surface area contributed by atoms with E-state index in [1.807, 2.05) is 12.2 Å². The second kappa shape index (κ2) is 9.32. The lowest BCUT2D eigenvalue weighted by Crippen LogP contribution is -2.47. The molecule has 1 aromatic heterocycles. The van der Waals surface area contributed by atoms with Gasteiger partial charge in [-0.15, -0.1) is 0 Å². The number of nitrogens with zero attached hydrogens (tertiary/aromatic N) is 5. The van der Waals surface area contributed by atoms with Crippen LogP contribution in [0.5, 0.6) is 0 Å². The molecule has 1 aliphatic carbocycles. The molecule has 3 N–H and O–H groups in total. The fraction of sp³-hybridized carbons (Fsp3) is 0.591. The quantitative estimate of drug-likeness (QED) is 0.651. The van der Waals surface area contributed by atoms with E-state index in [9.17, 15) is 4.39 Å². The van der Waals surface area contributed by atoms with Crippen LogP contribution in [0.15, 0.2) is 40.0 Å². The van der Waals surface area contributed by atoms with E-state index in [1.165, 1.54) is 38.6 Å². The number of halogens is 1. The van der Waals surface area contributed by atoms with Crippen LogP contribution in [-0.4, -0.2) is 59.0 Å². The Morgan fingerprint density at radius 3 is 2.94 bits per heavy atom. The SMILES string of the molecule is FC1=C(N[C@H]2CCC[C@H](NCN3CCCC3)C2)NC(n2ncc3c2CC=CC=N3)N=C1. The first-order valence-corrected chi connectivity index (χ1v) is 11.4. The van der Waals surface area contributed by atoms with Crippen molar-refractivity contribution >= 4 is 18.1 Å². The van der Waals surface area contributed by atoms with Crippen molar-refractivity contribution in [2.24, 2.45) is 9.98 Å². The van der Waals surface area contributed by atoms with Crippen LogP contribution in [0.3, 0.4) is 0 Å². The molecular weight excluding hydrogens is 395 g/mol. The van der Waals surface area contributed by atoms with Crippen LogP contribution < -0.4 is 16.0 Å². The summed E-state index contributed by atoms with van der Waals surface area (Å²) in [5, 5.41) is 14.8. The van der Waals surface area contributed by atoms with Crippen LogP contribution in [0.4, 0.5) is 10.1 Å². The van der Waals surface area contributed by atoms with Crippen molar-refractivity contribution in [3.8, 4) is 0 Å². The van der Waals surface area contributed by atoms with Gasteiger partial charge in [-0.1, -0.05) is 6.08 Å². The molecule has 8 nitrogen and oxygen atoms in total. The molecule has 5 rings (SSSR count). The first-order valence-electron chi connectivity index (χ1n) is 11.4. The smallest absolute Gasteiger partial charge is 0.217 e. The van der Waals surface area contributed by atoms with Gasteiger partial charge < -0.3 is 16.0 Å². The number of hydrogen-bond acceptors (Lipinski definition) is 7. The third kappa shape index (κ3) is 4.72. The summed E-state index contributed by atoms with van der Waals surface area (Å²) in [5.41, 5.74) is 1.79. The highest BCUT2D eigenvalue weighted by Crippen LogP contribution is 2.26. The molecule has 1 aromatic rings. The minimum atomic E-state index is -0.486. The van der Waals surface area contributed by atoms with E-state index >= 15 is 0 Å². The highest BCUT2D eigenvalue weighted by atomic mass is 19.1. The Hall–Kier alpha value is -2.52. The molecule has 0 radical (unpaired) electrons. The number of allylic oxidation sites excluding steroid dienone is 3. The van der Waals surface area contributed by atoms with Gasteiger partial charge in [-0.3, -0.25) is 9.89 Å². The number of aliphatic imine (C=N–C) groups is 2. The van der Waals surface area contributed by atoms with Crippen LogP contribution in [0.1, 0.15) is 50.5 Å². The highest BCUT2D eigenvalue weighted by Gasteiger charge is 2.27. The third-order valence-corrected chi connectivity index (χ3v) is 6.52. The van der Waals surface area contributed by atoms with Gasteiger partial charge in [0.2, 0.25) is 6.29 Å². The number of nitrogens with one attached hydrogen (secondary N) is 3. The molecule has 1 unspecified atom stereocenters. The molecule has 1 saturated heterocycles. The number of rotatable bonds is 6. The average molecular weight is 427 g/mol.